The number of carbonyl (C=O) groups excluding carboxylic acids is 1. The van der Waals surface area contributed by atoms with Gasteiger partial charge < -0.3 is 30.1 Å². The van der Waals surface area contributed by atoms with Gasteiger partial charge in [0.15, 0.2) is 5.82 Å². The maximum atomic E-state index is 16.3. The van der Waals surface area contributed by atoms with Crippen molar-refractivity contribution >= 4 is 51.9 Å². The number of hydrogen-bond acceptors (Lipinski definition) is 8. The van der Waals surface area contributed by atoms with E-state index in [1.165, 1.54) is 18.2 Å². The molecule has 0 bridgehead atoms. The van der Waals surface area contributed by atoms with Crippen LogP contribution in [-0.2, 0) is 9.53 Å². The monoisotopic (exact) mass is 593 g/mol. The summed E-state index contributed by atoms with van der Waals surface area (Å²) in [5, 5.41) is 21.9. The number of aliphatic hydroxyl groups excluding tert-OH is 1. The van der Waals surface area contributed by atoms with E-state index >= 15 is 8.78 Å². The quantitative estimate of drug-likeness (QED) is 0.412. The fourth-order valence-corrected chi connectivity index (χ4v) is 5.21. The average Bonchev–Trinajstić information content (AvgIpc) is 2.89. The molecule has 222 valence electrons. The second-order valence-electron chi connectivity index (χ2n) is 11.1. The molecule has 1 saturated heterocycles. The molecule has 1 aromatic heterocycles. The van der Waals surface area contributed by atoms with E-state index in [0.29, 0.717) is 32.0 Å². The normalized spacial score (nSPS) is 19.6. The Labute approximate surface area is 241 Å². The van der Waals surface area contributed by atoms with Gasteiger partial charge in [0.05, 0.1) is 11.4 Å². The molecule has 1 fully saturated rings. The molecule has 1 aromatic carbocycles. The first kappa shape index (κ1) is 30.4. The van der Waals surface area contributed by atoms with Crippen molar-refractivity contribution in [3.8, 4) is 0 Å². The third-order valence-corrected chi connectivity index (χ3v) is 7.34. The fourth-order valence-electron chi connectivity index (χ4n) is 4.92. The molecule has 1 aliphatic carbocycles. The van der Waals surface area contributed by atoms with E-state index in [1.807, 2.05) is 4.90 Å². The largest absolute Gasteiger partial charge is 0.481 e. The zero-order valence-electron chi connectivity index (χ0n) is 23.4. The molecule has 13 heteroatoms. The molecule has 10 nitrogen and oxygen atoms in total. The highest BCUT2D eigenvalue weighted by Crippen LogP contribution is 2.44. The summed E-state index contributed by atoms with van der Waals surface area (Å²) < 4.78 is 36.9. The van der Waals surface area contributed by atoms with Crippen LogP contribution >= 0.6 is 11.6 Å². The first-order valence-electron chi connectivity index (χ1n) is 13.4. The number of aliphatic carboxylic acids is 1. The van der Waals surface area contributed by atoms with Crippen molar-refractivity contribution in [2.45, 2.75) is 39.7 Å². The molecule has 0 unspecified atom stereocenters. The van der Waals surface area contributed by atoms with Gasteiger partial charge in [0.2, 0.25) is 5.95 Å². The molecular weight excluding hydrogens is 560 g/mol. The number of allylic oxidation sites excluding steroid dienone is 3. The van der Waals surface area contributed by atoms with Crippen molar-refractivity contribution in [1.29, 1.82) is 0 Å². The molecule has 4 rings (SSSR count). The second-order valence-corrected chi connectivity index (χ2v) is 11.5. The number of ether oxygens (including phenoxy) is 1. The van der Waals surface area contributed by atoms with Gasteiger partial charge in [-0.3, -0.25) is 4.79 Å². The molecule has 2 aliphatic rings. The van der Waals surface area contributed by atoms with Crippen LogP contribution < -0.4 is 10.2 Å². The van der Waals surface area contributed by atoms with E-state index in [-0.39, 0.29) is 52.6 Å². The van der Waals surface area contributed by atoms with Gasteiger partial charge >= 0.3 is 12.1 Å². The minimum atomic E-state index is -1.03. The predicted octanol–water partition coefficient (Wildman–Crippen LogP) is 4.86. The maximum absolute atomic E-state index is 16.3. The van der Waals surface area contributed by atoms with E-state index in [2.05, 4.69) is 15.3 Å². The summed E-state index contributed by atoms with van der Waals surface area (Å²) in [7, 11) is 0. The number of aliphatic hydroxyl groups is 1. The summed E-state index contributed by atoms with van der Waals surface area (Å²) in [5.41, 5.74) is -0.883. The van der Waals surface area contributed by atoms with Crippen LogP contribution in [0.15, 0.2) is 24.0 Å². The minimum Gasteiger partial charge on any atom is -0.481 e. The molecule has 0 radical (unpaired) electrons. The van der Waals surface area contributed by atoms with Crippen LogP contribution in [0.5, 0.6) is 0 Å². The Hall–Kier alpha value is -3.51. The van der Waals surface area contributed by atoms with Crippen molar-refractivity contribution in [2.24, 2.45) is 11.8 Å². The van der Waals surface area contributed by atoms with Crippen molar-refractivity contribution < 1.29 is 33.3 Å². The van der Waals surface area contributed by atoms with Gasteiger partial charge in [-0.15, -0.1) is 0 Å². The number of halogens is 3. The van der Waals surface area contributed by atoms with E-state index < -0.39 is 41.1 Å². The lowest BCUT2D eigenvalue weighted by Crippen LogP contribution is -2.50. The van der Waals surface area contributed by atoms with E-state index in [4.69, 9.17) is 21.4 Å². The summed E-state index contributed by atoms with van der Waals surface area (Å²) >= 11 is 6.61. The fraction of sp³-hybridized carbons (Fsp3) is 0.500. The number of carboxylic acids is 1. The first-order valence-corrected chi connectivity index (χ1v) is 13.8. The van der Waals surface area contributed by atoms with Crippen LogP contribution in [0, 0.1) is 17.7 Å². The lowest BCUT2D eigenvalue weighted by atomic mass is 9.80. The van der Waals surface area contributed by atoms with Gasteiger partial charge in [-0.1, -0.05) is 24.6 Å². The van der Waals surface area contributed by atoms with Gasteiger partial charge in [0.1, 0.15) is 22.8 Å². The Morgan fingerprint density at radius 1 is 1.20 bits per heavy atom. The van der Waals surface area contributed by atoms with Crippen LogP contribution in [0.3, 0.4) is 0 Å². The van der Waals surface area contributed by atoms with Crippen molar-refractivity contribution in [3.63, 3.8) is 0 Å². The van der Waals surface area contributed by atoms with Gasteiger partial charge in [-0.25, -0.2) is 18.6 Å². The Bertz CT molecular complexity index is 1400. The zero-order valence-corrected chi connectivity index (χ0v) is 24.1. The number of carbonyl (C=O) groups is 2. The highest BCUT2D eigenvalue weighted by molar-refractivity contribution is 6.33. The van der Waals surface area contributed by atoms with Gasteiger partial charge in [-0.05, 0) is 38.8 Å². The smallest absolute Gasteiger partial charge is 0.410 e. The van der Waals surface area contributed by atoms with Crippen LogP contribution in [0.1, 0.15) is 39.7 Å². The minimum absolute atomic E-state index is 0.00484. The number of amides is 1. The molecule has 0 spiro atoms. The number of nitrogens with one attached hydrogen (secondary N) is 1. The third kappa shape index (κ3) is 6.70. The number of nitrogens with zero attached hydrogens (tertiary/aromatic N) is 4. The van der Waals surface area contributed by atoms with Gasteiger partial charge in [0.25, 0.3) is 0 Å². The number of anilines is 2. The molecule has 2 aromatic rings. The summed E-state index contributed by atoms with van der Waals surface area (Å²) in [6.07, 6.45) is 2.08. The number of fused-ring (bicyclic) bond motifs is 1. The Kier molecular flexibility index (Phi) is 9.03. The molecule has 2 heterocycles. The summed E-state index contributed by atoms with van der Waals surface area (Å²) in [4.78, 5) is 35.9. The lowest BCUT2D eigenvalue weighted by Gasteiger charge is -2.36. The SMILES string of the molecule is C[C@@H]1C(c2c(Cl)cc3c(N4CCN(C(=O)OC(C)(C)C)CC4)nc(NCCC(=O)O)nc3c2F)=C(F)C=C[C@H]1CO. The highest BCUT2D eigenvalue weighted by atomic mass is 35.5. The molecule has 0 saturated carbocycles. The topological polar surface area (TPSA) is 128 Å². The number of aromatic nitrogens is 2. The molecule has 3 N–H and O–H groups in total. The number of benzene rings is 1. The molecule has 41 heavy (non-hydrogen) atoms. The Morgan fingerprint density at radius 3 is 2.49 bits per heavy atom. The van der Waals surface area contributed by atoms with Gasteiger partial charge in [0, 0.05) is 61.8 Å². The number of rotatable bonds is 7. The summed E-state index contributed by atoms with van der Waals surface area (Å²) in [6.45, 7) is 8.13. The van der Waals surface area contributed by atoms with Crippen molar-refractivity contribution in [3.05, 3.63) is 40.4 Å². The van der Waals surface area contributed by atoms with E-state index in [1.54, 1.807) is 32.6 Å². The van der Waals surface area contributed by atoms with Crippen molar-refractivity contribution in [2.75, 3.05) is 49.5 Å². The second kappa shape index (κ2) is 12.2. The number of hydrogen-bond donors (Lipinski definition) is 3. The Morgan fingerprint density at radius 2 is 1.88 bits per heavy atom. The first-order chi connectivity index (χ1) is 19.3. The predicted molar refractivity (Wildman–Crippen MR) is 152 cm³/mol. The number of piperazine rings is 1. The lowest BCUT2D eigenvalue weighted by molar-refractivity contribution is -0.136. The van der Waals surface area contributed by atoms with Crippen LogP contribution in [-0.4, -0.2) is 82.1 Å². The molecule has 2 atom stereocenters. The molecule has 1 amide bonds. The molecule has 1 aliphatic heterocycles. The molecular formula is C28H34ClF2N5O5. The Balaban J connectivity index is 1.76. The zero-order chi connectivity index (χ0) is 30.1. The third-order valence-electron chi connectivity index (χ3n) is 7.04. The highest BCUT2D eigenvalue weighted by Gasteiger charge is 2.32. The number of carboxylic acid groups (broad SMARTS) is 1. The maximum Gasteiger partial charge on any atom is 0.410 e. The standard InChI is InChI=1S/C28H34ClF2N5O5/c1-15-16(14-37)5-6-19(30)21(15)22-18(29)13-17-24(23(22)31)33-26(32-8-7-20(38)39)34-25(17)35-9-11-36(12-10-35)27(40)41-28(2,3)4/h5-6,13,15-16,37H,7-12,14H2,1-4H3,(H,38,39)(H,32,33,34)/t15-,16-/m0/s1. The van der Waals surface area contributed by atoms with Crippen LogP contribution in [0.25, 0.3) is 16.5 Å². The van der Waals surface area contributed by atoms with E-state index in [0.717, 1.165) is 0 Å². The average molecular weight is 594 g/mol. The van der Waals surface area contributed by atoms with Crippen molar-refractivity contribution in [1.82, 2.24) is 14.9 Å². The summed E-state index contributed by atoms with van der Waals surface area (Å²) in [6, 6.07) is 1.49. The summed E-state index contributed by atoms with van der Waals surface area (Å²) in [5.74, 6) is -3.20. The van der Waals surface area contributed by atoms with Crippen LogP contribution in [0.4, 0.5) is 25.3 Å². The van der Waals surface area contributed by atoms with Crippen LogP contribution in [0.2, 0.25) is 5.02 Å². The van der Waals surface area contributed by atoms with E-state index in [9.17, 15) is 14.7 Å². The van der Waals surface area contributed by atoms with Gasteiger partial charge in [-0.2, -0.15) is 4.98 Å².